The summed E-state index contributed by atoms with van der Waals surface area (Å²) in [5.41, 5.74) is 1.24. The lowest BCUT2D eigenvalue weighted by molar-refractivity contribution is 0.0664. The molecule has 116 valence electrons. The van der Waals surface area contributed by atoms with E-state index in [9.17, 15) is 4.79 Å². The van der Waals surface area contributed by atoms with E-state index in [1.54, 1.807) is 18.5 Å². The first-order valence-corrected chi connectivity index (χ1v) is 7.59. The van der Waals surface area contributed by atoms with Crippen LogP contribution in [0.2, 0.25) is 0 Å². The molecule has 3 rings (SSSR count). The van der Waals surface area contributed by atoms with Gasteiger partial charge in [-0.2, -0.15) is 0 Å². The summed E-state index contributed by atoms with van der Waals surface area (Å²) < 4.78 is 5.30. The van der Waals surface area contributed by atoms with Crippen LogP contribution in [0.3, 0.4) is 0 Å². The molecule has 0 bridgehead atoms. The SMILES string of the molecule is CNCC1CCCN(C(=O)c2cc(-c3ccncc3)on2)C1. The molecule has 22 heavy (non-hydrogen) atoms. The van der Waals surface area contributed by atoms with Gasteiger partial charge in [0.2, 0.25) is 0 Å². The molecule has 3 heterocycles. The summed E-state index contributed by atoms with van der Waals surface area (Å²) in [5.74, 6) is 1.05. The maximum absolute atomic E-state index is 12.6. The second kappa shape index (κ2) is 6.70. The van der Waals surface area contributed by atoms with Crippen LogP contribution in [0.4, 0.5) is 0 Å². The van der Waals surface area contributed by atoms with Crippen LogP contribution in [0.25, 0.3) is 11.3 Å². The van der Waals surface area contributed by atoms with Gasteiger partial charge < -0.3 is 14.7 Å². The van der Waals surface area contributed by atoms with E-state index in [0.717, 1.165) is 38.0 Å². The van der Waals surface area contributed by atoms with Gasteiger partial charge in [0.05, 0.1) is 0 Å². The standard InChI is InChI=1S/C16H20N4O2/c1-17-10-12-3-2-8-20(11-12)16(21)14-9-15(22-19-14)13-4-6-18-7-5-13/h4-7,9,12,17H,2-3,8,10-11H2,1H3. The molecule has 1 aliphatic rings. The van der Waals surface area contributed by atoms with Gasteiger partial charge in [0.25, 0.3) is 5.91 Å². The van der Waals surface area contributed by atoms with Gasteiger partial charge in [-0.25, -0.2) is 0 Å². The Balaban J connectivity index is 1.71. The van der Waals surface area contributed by atoms with E-state index in [0.29, 0.717) is 17.4 Å². The van der Waals surface area contributed by atoms with Crippen molar-refractivity contribution in [3.05, 3.63) is 36.3 Å². The normalized spacial score (nSPS) is 18.4. The molecule has 6 nitrogen and oxygen atoms in total. The predicted molar refractivity (Wildman–Crippen MR) is 82.3 cm³/mol. The smallest absolute Gasteiger partial charge is 0.276 e. The predicted octanol–water partition coefficient (Wildman–Crippen LogP) is 1.81. The Bertz CT molecular complexity index is 624. The van der Waals surface area contributed by atoms with Crippen LogP contribution in [0.5, 0.6) is 0 Å². The van der Waals surface area contributed by atoms with E-state index in [4.69, 9.17) is 4.52 Å². The fourth-order valence-electron chi connectivity index (χ4n) is 2.90. The molecule has 1 aliphatic heterocycles. The van der Waals surface area contributed by atoms with Crippen LogP contribution in [0.15, 0.2) is 35.1 Å². The number of piperidine rings is 1. The van der Waals surface area contributed by atoms with E-state index in [-0.39, 0.29) is 5.91 Å². The Labute approximate surface area is 129 Å². The highest BCUT2D eigenvalue weighted by Crippen LogP contribution is 2.22. The Morgan fingerprint density at radius 1 is 1.45 bits per heavy atom. The molecule has 0 aliphatic carbocycles. The first-order valence-electron chi connectivity index (χ1n) is 7.59. The van der Waals surface area contributed by atoms with Gasteiger partial charge in [0, 0.05) is 37.1 Å². The minimum atomic E-state index is -0.0511. The summed E-state index contributed by atoms with van der Waals surface area (Å²) in [4.78, 5) is 18.4. The third-order valence-electron chi connectivity index (χ3n) is 3.99. The molecule has 6 heteroatoms. The van der Waals surface area contributed by atoms with Crippen LogP contribution in [-0.4, -0.2) is 47.6 Å². The molecular weight excluding hydrogens is 280 g/mol. The van der Waals surface area contributed by atoms with E-state index in [2.05, 4.69) is 15.5 Å². The number of nitrogens with one attached hydrogen (secondary N) is 1. The third-order valence-corrected chi connectivity index (χ3v) is 3.99. The fourth-order valence-corrected chi connectivity index (χ4v) is 2.90. The van der Waals surface area contributed by atoms with Gasteiger partial charge in [-0.3, -0.25) is 9.78 Å². The number of likely N-dealkylation sites (tertiary alicyclic amines) is 1. The monoisotopic (exact) mass is 300 g/mol. The van der Waals surface area contributed by atoms with Crippen molar-refractivity contribution in [3.63, 3.8) is 0 Å². The van der Waals surface area contributed by atoms with Crippen LogP contribution >= 0.6 is 0 Å². The van der Waals surface area contributed by atoms with E-state index < -0.39 is 0 Å². The summed E-state index contributed by atoms with van der Waals surface area (Å²) in [7, 11) is 1.94. The average molecular weight is 300 g/mol. The van der Waals surface area contributed by atoms with Crippen molar-refractivity contribution in [2.45, 2.75) is 12.8 Å². The molecule has 0 spiro atoms. The molecule has 0 aromatic carbocycles. The molecule has 1 saturated heterocycles. The molecule has 1 amide bonds. The van der Waals surface area contributed by atoms with Crippen molar-refractivity contribution in [1.29, 1.82) is 0 Å². The fraction of sp³-hybridized carbons (Fsp3) is 0.438. The first-order chi connectivity index (χ1) is 10.8. The zero-order valence-corrected chi connectivity index (χ0v) is 12.7. The topological polar surface area (TPSA) is 71.3 Å². The molecule has 1 N–H and O–H groups in total. The van der Waals surface area contributed by atoms with Gasteiger partial charge in [-0.05, 0) is 44.5 Å². The van der Waals surface area contributed by atoms with Crippen molar-refractivity contribution >= 4 is 5.91 Å². The minimum absolute atomic E-state index is 0.0511. The minimum Gasteiger partial charge on any atom is -0.355 e. The Kier molecular flexibility index (Phi) is 4.48. The lowest BCUT2D eigenvalue weighted by atomic mass is 9.98. The summed E-state index contributed by atoms with van der Waals surface area (Å²) in [5, 5.41) is 7.12. The number of aromatic nitrogens is 2. The maximum Gasteiger partial charge on any atom is 0.276 e. The van der Waals surface area contributed by atoms with E-state index >= 15 is 0 Å². The molecule has 0 saturated carbocycles. The van der Waals surface area contributed by atoms with Gasteiger partial charge in [-0.15, -0.1) is 0 Å². The second-order valence-electron chi connectivity index (χ2n) is 5.63. The number of rotatable bonds is 4. The van der Waals surface area contributed by atoms with Crippen molar-refractivity contribution in [2.75, 3.05) is 26.7 Å². The largest absolute Gasteiger partial charge is 0.355 e. The summed E-state index contributed by atoms with van der Waals surface area (Å²) in [6, 6.07) is 5.37. The number of nitrogens with zero attached hydrogens (tertiary/aromatic N) is 3. The highest BCUT2D eigenvalue weighted by molar-refractivity contribution is 5.93. The molecular formula is C16H20N4O2. The zero-order chi connectivity index (χ0) is 15.4. The number of amides is 1. The van der Waals surface area contributed by atoms with Gasteiger partial charge in [-0.1, -0.05) is 5.16 Å². The van der Waals surface area contributed by atoms with Gasteiger partial charge >= 0.3 is 0 Å². The van der Waals surface area contributed by atoms with Crippen LogP contribution in [0, 0.1) is 5.92 Å². The molecule has 1 unspecified atom stereocenters. The molecule has 1 fully saturated rings. The molecule has 2 aromatic heterocycles. The summed E-state index contributed by atoms with van der Waals surface area (Å²) in [6.07, 6.45) is 5.57. The van der Waals surface area contributed by atoms with Gasteiger partial charge in [0.1, 0.15) is 0 Å². The molecule has 2 aromatic rings. The molecule has 0 radical (unpaired) electrons. The van der Waals surface area contributed by atoms with Crippen LogP contribution < -0.4 is 5.32 Å². The number of carbonyl (C=O) groups is 1. The maximum atomic E-state index is 12.6. The quantitative estimate of drug-likeness (QED) is 0.932. The number of hydrogen-bond donors (Lipinski definition) is 1. The van der Waals surface area contributed by atoms with E-state index in [1.165, 1.54) is 0 Å². The highest BCUT2D eigenvalue weighted by Gasteiger charge is 2.26. The first kappa shape index (κ1) is 14.7. The van der Waals surface area contributed by atoms with Gasteiger partial charge in [0.15, 0.2) is 11.5 Å². The average Bonchev–Trinajstić information content (AvgIpc) is 3.05. The van der Waals surface area contributed by atoms with Crippen LogP contribution in [-0.2, 0) is 0 Å². The number of hydrogen-bond acceptors (Lipinski definition) is 5. The highest BCUT2D eigenvalue weighted by atomic mass is 16.5. The lowest BCUT2D eigenvalue weighted by Crippen LogP contribution is -2.42. The Morgan fingerprint density at radius 2 is 2.27 bits per heavy atom. The summed E-state index contributed by atoms with van der Waals surface area (Å²) in [6.45, 7) is 2.50. The van der Waals surface area contributed by atoms with Crippen molar-refractivity contribution in [3.8, 4) is 11.3 Å². The van der Waals surface area contributed by atoms with Crippen molar-refractivity contribution in [1.82, 2.24) is 20.4 Å². The van der Waals surface area contributed by atoms with E-state index in [1.807, 2.05) is 24.1 Å². The Hall–Kier alpha value is -2.21. The second-order valence-corrected chi connectivity index (χ2v) is 5.63. The summed E-state index contributed by atoms with van der Waals surface area (Å²) >= 11 is 0. The van der Waals surface area contributed by atoms with Crippen molar-refractivity contribution in [2.24, 2.45) is 5.92 Å². The third kappa shape index (κ3) is 3.17. The lowest BCUT2D eigenvalue weighted by Gasteiger charge is -2.32. The van der Waals surface area contributed by atoms with Crippen molar-refractivity contribution < 1.29 is 9.32 Å². The van der Waals surface area contributed by atoms with Crippen LogP contribution in [0.1, 0.15) is 23.3 Å². The number of carbonyl (C=O) groups excluding carboxylic acids is 1. The Morgan fingerprint density at radius 3 is 3.05 bits per heavy atom. The zero-order valence-electron chi connectivity index (χ0n) is 12.7. The number of pyridine rings is 1. The molecule has 1 atom stereocenters.